The highest BCUT2D eigenvalue weighted by Gasteiger charge is 2.12. The molecule has 1 aromatic heterocycles. The van der Waals surface area contributed by atoms with E-state index >= 15 is 0 Å². The first-order valence-corrected chi connectivity index (χ1v) is 5.51. The Morgan fingerprint density at radius 1 is 1.29 bits per heavy atom. The van der Waals surface area contributed by atoms with Crippen LogP contribution in [0, 0.1) is 12.7 Å². The van der Waals surface area contributed by atoms with Gasteiger partial charge in [0.05, 0.1) is 6.10 Å². The summed E-state index contributed by atoms with van der Waals surface area (Å²) in [6, 6.07) is 9.99. The lowest BCUT2D eigenvalue weighted by molar-refractivity contribution is 0.176. The number of hydrogen-bond donors (Lipinski definition) is 1. The third-order valence-electron chi connectivity index (χ3n) is 2.72. The molecule has 0 amide bonds. The summed E-state index contributed by atoms with van der Waals surface area (Å²) in [6.07, 6.45) is 1.48. The average Bonchev–Trinajstić information content (AvgIpc) is 2.30. The molecule has 0 saturated heterocycles. The predicted octanol–water partition coefficient (Wildman–Crippen LogP) is 2.81. The van der Waals surface area contributed by atoms with Crippen molar-refractivity contribution in [1.29, 1.82) is 0 Å². The third kappa shape index (κ3) is 2.88. The Morgan fingerprint density at radius 2 is 2.12 bits per heavy atom. The minimum atomic E-state index is -0.648. The summed E-state index contributed by atoms with van der Waals surface area (Å²) in [5.74, 6) is -0.281. The lowest BCUT2D eigenvalue weighted by Crippen LogP contribution is -2.05. The van der Waals surface area contributed by atoms with Crippen LogP contribution in [0.4, 0.5) is 4.39 Å². The first-order chi connectivity index (χ1) is 8.16. The van der Waals surface area contributed by atoms with Crippen molar-refractivity contribution in [3.63, 3.8) is 0 Å². The van der Waals surface area contributed by atoms with E-state index in [4.69, 9.17) is 0 Å². The molecule has 0 saturated carbocycles. The molecule has 88 valence electrons. The standard InChI is InChI=1S/C14H14FNO/c1-10-8-11(15)5-6-13(10)14(17)9-12-4-2-3-7-16-12/h2-8,14,17H,9H2,1H3. The van der Waals surface area contributed by atoms with Crippen molar-refractivity contribution in [1.82, 2.24) is 4.98 Å². The van der Waals surface area contributed by atoms with Gasteiger partial charge in [-0.05, 0) is 42.3 Å². The van der Waals surface area contributed by atoms with E-state index in [9.17, 15) is 9.50 Å². The second-order valence-corrected chi connectivity index (χ2v) is 4.04. The number of rotatable bonds is 3. The molecule has 1 atom stereocenters. The number of benzene rings is 1. The fraction of sp³-hybridized carbons (Fsp3) is 0.214. The first-order valence-electron chi connectivity index (χ1n) is 5.51. The number of pyridine rings is 1. The second kappa shape index (κ2) is 5.06. The van der Waals surface area contributed by atoms with E-state index in [0.717, 1.165) is 16.8 Å². The van der Waals surface area contributed by atoms with Crippen LogP contribution in [0.3, 0.4) is 0 Å². The maximum atomic E-state index is 12.9. The highest BCUT2D eigenvalue weighted by Crippen LogP contribution is 2.21. The minimum absolute atomic E-state index is 0.281. The number of aryl methyl sites for hydroxylation is 1. The topological polar surface area (TPSA) is 33.1 Å². The number of aliphatic hydroxyl groups excluding tert-OH is 1. The molecule has 0 bridgehead atoms. The first kappa shape index (κ1) is 11.7. The van der Waals surface area contributed by atoms with Gasteiger partial charge in [0, 0.05) is 18.3 Å². The van der Waals surface area contributed by atoms with Crippen molar-refractivity contribution in [2.75, 3.05) is 0 Å². The number of nitrogens with zero attached hydrogens (tertiary/aromatic N) is 1. The molecular weight excluding hydrogens is 217 g/mol. The number of halogens is 1. The van der Waals surface area contributed by atoms with Crippen LogP contribution in [0.25, 0.3) is 0 Å². The van der Waals surface area contributed by atoms with Crippen LogP contribution in [0.15, 0.2) is 42.6 Å². The summed E-state index contributed by atoms with van der Waals surface area (Å²) in [5.41, 5.74) is 2.33. The summed E-state index contributed by atoms with van der Waals surface area (Å²) in [4.78, 5) is 4.16. The predicted molar refractivity (Wildman–Crippen MR) is 64.0 cm³/mol. The van der Waals surface area contributed by atoms with Crippen LogP contribution in [-0.2, 0) is 6.42 Å². The molecule has 2 nitrogen and oxygen atoms in total. The van der Waals surface area contributed by atoms with E-state index < -0.39 is 6.10 Å². The molecule has 3 heteroatoms. The van der Waals surface area contributed by atoms with Gasteiger partial charge in [0.25, 0.3) is 0 Å². The van der Waals surface area contributed by atoms with Gasteiger partial charge in [-0.2, -0.15) is 0 Å². The fourth-order valence-corrected chi connectivity index (χ4v) is 1.84. The van der Waals surface area contributed by atoms with Crippen LogP contribution >= 0.6 is 0 Å². The van der Waals surface area contributed by atoms with Crippen LogP contribution in [0.2, 0.25) is 0 Å². The SMILES string of the molecule is Cc1cc(F)ccc1C(O)Cc1ccccn1. The number of aliphatic hydroxyl groups is 1. The Labute approximate surface area is 99.8 Å². The number of aromatic nitrogens is 1. The van der Waals surface area contributed by atoms with Crippen molar-refractivity contribution in [3.05, 3.63) is 65.2 Å². The van der Waals surface area contributed by atoms with Crippen LogP contribution in [-0.4, -0.2) is 10.1 Å². The van der Waals surface area contributed by atoms with Gasteiger partial charge in [-0.3, -0.25) is 4.98 Å². The summed E-state index contributed by atoms with van der Waals surface area (Å²) in [7, 11) is 0. The van der Waals surface area contributed by atoms with Crippen molar-refractivity contribution >= 4 is 0 Å². The van der Waals surface area contributed by atoms with E-state index in [2.05, 4.69) is 4.98 Å². The fourth-order valence-electron chi connectivity index (χ4n) is 1.84. The summed E-state index contributed by atoms with van der Waals surface area (Å²) in [6.45, 7) is 1.79. The molecule has 0 aliphatic carbocycles. The molecular formula is C14H14FNO. The lowest BCUT2D eigenvalue weighted by Gasteiger charge is -2.13. The van der Waals surface area contributed by atoms with Crippen LogP contribution in [0.5, 0.6) is 0 Å². The van der Waals surface area contributed by atoms with Gasteiger partial charge in [0.1, 0.15) is 5.82 Å². The minimum Gasteiger partial charge on any atom is -0.388 e. The van der Waals surface area contributed by atoms with E-state index in [0.29, 0.717) is 6.42 Å². The Bertz CT molecular complexity index is 499. The normalized spacial score (nSPS) is 12.4. The molecule has 2 rings (SSSR count). The summed E-state index contributed by atoms with van der Waals surface area (Å²) in [5, 5.41) is 10.1. The largest absolute Gasteiger partial charge is 0.388 e. The Morgan fingerprint density at radius 3 is 2.76 bits per heavy atom. The average molecular weight is 231 g/mol. The Hall–Kier alpha value is -1.74. The van der Waals surface area contributed by atoms with Gasteiger partial charge in [-0.1, -0.05) is 12.1 Å². The van der Waals surface area contributed by atoms with Crippen molar-refractivity contribution in [2.24, 2.45) is 0 Å². The lowest BCUT2D eigenvalue weighted by atomic mass is 10.00. The molecule has 0 fully saturated rings. The summed E-state index contributed by atoms with van der Waals surface area (Å²) >= 11 is 0. The van der Waals surface area contributed by atoms with E-state index in [1.807, 2.05) is 18.2 Å². The van der Waals surface area contributed by atoms with E-state index in [-0.39, 0.29) is 5.82 Å². The smallest absolute Gasteiger partial charge is 0.123 e. The zero-order valence-corrected chi connectivity index (χ0v) is 9.60. The van der Waals surface area contributed by atoms with E-state index in [1.54, 1.807) is 19.2 Å². The molecule has 0 spiro atoms. The highest BCUT2D eigenvalue weighted by molar-refractivity contribution is 5.29. The van der Waals surface area contributed by atoms with Crippen LogP contribution < -0.4 is 0 Å². The van der Waals surface area contributed by atoms with Gasteiger partial charge >= 0.3 is 0 Å². The molecule has 17 heavy (non-hydrogen) atoms. The zero-order chi connectivity index (χ0) is 12.3. The molecule has 1 unspecified atom stereocenters. The van der Waals surface area contributed by atoms with E-state index in [1.165, 1.54) is 12.1 Å². The van der Waals surface area contributed by atoms with Gasteiger partial charge in [0.15, 0.2) is 0 Å². The molecule has 2 aromatic rings. The highest BCUT2D eigenvalue weighted by atomic mass is 19.1. The van der Waals surface area contributed by atoms with Gasteiger partial charge in [0.2, 0.25) is 0 Å². The maximum absolute atomic E-state index is 12.9. The van der Waals surface area contributed by atoms with Gasteiger partial charge < -0.3 is 5.11 Å². The Balaban J connectivity index is 2.17. The third-order valence-corrected chi connectivity index (χ3v) is 2.72. The molecule has 0 aliphatic rings. The molecule has 1 N–H and O–H groups in total. The monoisotopic (exact) mass is 231 g/mol. The van der Waals surface area contributed by atoms with Crippen molar-refractivity contribution in [2.45, 2.75) is 19.4 Å². The molecule has 0 aliphatic heterocycles. The quantitative estimate of drug-likeness (QED) is 0.881. The van der Waals surface area contributed by atoms with Gasteiger partial charge in [-0.25, -0.2) is 4.39 Å². The zero-order valence-electron chi connectivity index (χ0n) is 9.60. The molecule has 1 aromatic carbocycles. The molecule has 1 heterocycles. The second-order valence-electron chi connectivity index (χ2n) is 4.04. The maximum Gasteiger partial charge on any atom is 0.123 e. The number of hydrogen-bond acceptors (Lipinski definition) is 2. The van der Waals surface area contributed by atoms with Crippen LogP contribution in [0.1, 0.15) is 22.9 Å². The van der Waals surface area contributed by atoms with Crippen molar-refractivity contribution < 1.29 is 9.50 Å². The summed E-state index contributed by atoms with van der Waals surface area (Å²) < 4.78 is 12.9. The Kier molecular flexibility index (Phi) is 3.49. The van der Waals surface area contributed by atoms with Gasteiger partial charge in [-0.15, -0.1) is 0 Å². The van der Waals surface area contributed by atoms with Crippen molar-refractivity contribution in [3.8, 4) is 0 Å². The molecule has 0 radical (unpaired) electrons.